The van der Waals surface area contributed by atoms with Crippen molar-refractivity contribution in [3.8, 4) is 0 Å². The van der Waals surface area contributed by atoms with E-state index in [1.165, 1.54) is 30.3 Å². The summed E-state index contributed by atoms with van der Waals surface area (Å²) in [6, 6.07) is 11.2. The highest BCUT2D eigenvalue weighted by molar-refractivity contribution is 7.90. The number of nitrogens with one attached hydrogen (secondary N) is 2. The van der Waals surface area contributed by atoms with Crippen LogP contribution in [0.2, 0.25) is 0 Å². The number of fused-ring (bicyclic) bond motifs is 1. The molecule has 0 aliphatic rings. The highest BCUT2D eigenvalue weighted by atomic mass is 32.2. The summed E-state index contributed by atoms with van der Waals surface area (Å²) in [4.78, 5) is 24.6. The average Bonchev–Trinajstić information content (AvgIpc) is 3.11. The zero-order chi connectivity index (χ0) is 23.7. The number of carbonyl (C=O) groups is 2. The van der Waals surface area contributed by atoms with E-state index in [4.69, 9.17) is 0 Å². The Morgan fingerprint density at radius 1 is 1.09 bits per heavy atom. The molecule has 0 saturated heterocycles. The zero-order valence-electron chi connectivity index (χ0n) is 18.3. The van der Waals surface area contributed by atoms with Gasteiger partial charge in [-0.05, 0) is 54.8 Å². The maximum atomic E-state index is 13.9. The van der Waals surface area contributed by atoms with Crippen LogP contribution in [0.1, 0.15) is 43.0 Å². The Morgan fingerprint density at radius 2 is 1.75 bits per heavy atom. The molecule has 1 heterocycles. The van der Waals surface area contributed by atoms with E-state index in [-0.39, 0.29) is 31.3 Å². The Balaban J connectivity index is 0.00000289. The third kappa shape index (κ3) is 5.34. The molecule has 32 heavy (non-hydrogen) atoms. The fraction of sp³-hybridized carbons (Fsp3) is 0.304. The molecule has 0 fully saturated rings. The molecule has 1 atom stereocenters. The molecule has 3 rings (SSSR count). The average molecular weight is 464 g/mol. The van der Waals surface area contributed by atoms with Gasteiger partial charge in [0.05, 0.1) is 10.4 Å². The molecule has 3 aromatic rings. The molecule has 0 saturated carbocycles. The molecule has 0 bridgehead atoms. The van der Waals surface area contributed by atoms with Crippen LogP contribution in [-0.4, -0.2) is 24.8 Å². The lowest BCUT2D eigenvalue weighted by molar-refractivity contribution is -0.121. The largest absolute Gasteiger partial charge is 0.335 e. The second kappa shape index (κ2) is 8.74. The summed E-state index contributed by atoms with van der Waals surface area (Å²) in [5.74, 6) is -1.29. The van der Waals surface area contributed by atoms with E-state index in [1.807, 2.05) is 20.8 Å². The monoisotopic (exact) mass is 463 g/mol. The van der Waals surface area contributed by atoms with Crippen molar-refractivity contribution in [2.24, 2.45) is 5.41 Å². The van der Waals surface area contributed by atoms with Crippen LogP contribution in [-0.2, 0) is 19.6 Å². The third-order valence-electron chi connectivity index (χ3n) is 4.88. The van der Waals surface area contributed by atoms with Gasteiger partial charge in [-0.2, -0.15) is 0 Å². The summed E-state index contributed by atoms with van der Waals surface area (Å²) >= 11 is 0. The fourth-order valence-corrected chi connectivity index (χ4v) is 4.29. The number of aromatic nitrogens is 1. The van der Waals surface area contributed by atoms with E-state index < -0.39 is 22.0 Å². The number of halogens is 1. The first-order valence-electron chi connectivity index (χ1n) is 10.1. The molecule has 0 aliphatic heterocycles. The number of hydrogen-bond donors (Lipinski definition) is 2. The summed E-state index contributed by atoms with van der Waals surface area (Å²) in [5, 5.41) is 3.15. The minimum Gasteiger partial charge on any atom is -0.335 e. The molecule has 2 N–H and O–H groups in total. The fourth-order valence-electron chi connectivity index (χ4n) is 3.31. The third-order valence-corrected chi connectivity index (χ3v) is 6.27. The van der Waals surface area contributed by atoms with Gasteiger partial charge in [0.2, 0.25) is 11.8 Å². The molecule has 2 aromatic carbocycles. The predicted molar refractivity (Wildman–Crippen MR) is 125 cm³/mol. The number of amides is 2. The predicted octanol–water partition coefficient (Wildman–Crippen LogP) is 4.71. The SMILES string of the molecule is C[C@H](C(=O)Nc1ccc(S(=O)(=O)NC(=O)CC(C)(C)C)cc1)n1ccc2c(F)cccc21.[HH].[HH]. The zero-order valence-corrected chi connectivity index (χ0v) is 19.2. The maximum Gasteiger partial charge on any atom is 0.264 e. The highest BCUT2D eigenvalue weighted by Gasteiger charge is 2.22. The Kier molecular flexibility index (Phi) is 6.41. The lowest BCUT2D eigenvalue weighted by Crippen LogP contribution is -2.33. The van der Waals surface area contributed by atoms with E-state index in [1.54, 1.807) is 35.9 Å². The molecule has 0 unspecified atom stereocenters. The van der Waals surface area contributed by atoms with Crippen LogP contribution in [0, 0.1) is 11.2 Å². The number of anilines is 1. The normalized spacial score (nSPS) is 13.0. The summed E-state index contributed by atoms with van der Waals surface area (Å²) < 4.78 is 42.5. The molecule has 1 aromatic heterocycles. The van der Waals surface area contributed by atoms with Crippen LogP contribution in [0.4, 0.5) is 10.1 Å². The van der Waals surface area contributed by atoms with E-state index in [0.717, 1.165) is 0 Å². The maximum absolute atomic E-state index is 13.9. The minimum atomic E-state index is -4.01. The molecule has 0 radical (unpaired) electrons. The van der Waals surface area contributed by atoms with Crippen molar-refractivity contribution in [3.05, 3.63) is 60.5 Å². The number of sulfonamides is 1. The van der Waals surface area contributed by atoms with Gasteiger partial charge in [-0.15, -0.1) is 0 Å². The Bertz CT molecular complexity index is 1270. The smallest absolute Gasteiger partial charge is 0.264 e. The summed E-state index contributed by atoms with van der Waals surface area (Å²) in [6.45, 7) is 7.20. The van der Waals surface area contributed by atoms with Gasteiger partial charge >= 0.3 is 0 Å². The highest BCUT2D eigenvalue weighted by Crippen LogP contribution is 2.24. The number of benzene rings is 2. The van der Waals surface area contributed by atoms with Gasteiger partial charge in [-0.25, -0.2) is 17.5 Å². The Hall–Kier alpha value is -3.20. The lowest BCUT2D eigenvalue weighted by atomic mass is 9.92. The van der Waals surface area contributed by atoms with Crippen molar-refractivity contribution in [1.29, 1.82) is 0 Å². The van der Waals surface area contributed by atoms with Crippen molar-refractivity contribution >= 4 is 38.4 Å². The number of rotatable bonds is 6. The van der Waals surface area contributed by atoms with Crippen LogP contribution in [0.5, 0.6) is 0 Å². The first-order valence-corrected chi connectivity index (χ1v) is 11.6. The minimum absolute atomic E-state index is 0. The van der Waals surface area contributed by atoms with Crippen LogP contribution in [0.25, 0.3) is 10.9 Å². The van der Waals surface area contributed by atoms with Gasteiger partial charge in [-0.3, -0.25) is 9.59 Å². The van der Waals surface area contributed by atoms with E-state index >= 15 is 0 Å². The van der Waals surface area contributed by atoms with Gasteiger partial charge in [0.15, 0.2) is 0 Å². The van der Waals surface area contributed by atoms with Gasteiger partial charge in [0, 0.05) is 26.5 Å². The Morgan fingerprint density at radius 3 is 2.38 bits per heavy atom. The van der Waals surface area contributed by atoms with Crippen molar-refractivity contribution < 1.29 is 25.3 Å². The van der Waals surface area contributed by atoms with E-state index in [2.05, 4.69) is 10.0 Å². The second-order valence-corrected chi connectivity index (χ2v) is 10.5. The standard InChI is InChI=1S/C23H26FN3O4S.2H2/c1-15(27-13-12-18-19(24)6-5-7-20(18)27)22(29)25-16-8-10-17(11-9-16)32(30,31)26-21(28)14-23(2,3)4;;/h5-13,15H,14H2,1-4H3,(H,25,29)(H,26,28);2*1H/t15-;;/m1../s1. The van der Waals surface area contributed by atoms with Crippen molar-refractivity contribution in [1.82, 2.24) is 9.29 Å². The van der Waals surface area contributed by atoms with Gasteiger partial charge in [0.25, 0.3) is 10.0 Å². The van der Waals surface area contributed by atoms with Crippen molar-refractivity contribution in [3.63, 3.8) is 0 Å². The summed E-state index contributed by atoms with van der Waals surface area (Å²) in [5.41, 5.74) is 0.644. The Labute approximate surface area is 189 Å². The second-order valence-electron chi connectivity index (χ2n) is 8.85. The number of hydrogen-bond acceptors (Lipinski definition) is 4. The van der Waals surface area contributed by atoms with Gasteiger partial charge in [-0.1, -0.05) is 26.8 Å². The quantitative estimate of drug-likeness (QED) is 0.553. The van der Waals surface area contributed by atoms with Crippen LogP contribution in [0.3, 0.4) is 0 Å². The first kappa shape index (κ1) is 23.5. The van der Waals surface area contributed by atoms with Gasteiger partial charge < -0.3 is 9.88 Å². The molecule has 7 nitrogen and oxygen atoms in total. The van der Waals surface area contributed by atoms with E-state index in [9.17, 15) is 22.4 Å². The number of nitrogens with zero attached hydrogens (tertiary/aromatic N) is 1. The van der Waals surface area contributed by atoms with Crippen molar-refractivity contribution in [2.45, 2.75) is 45.1 Å². The summed E-state index contributed by atoms with van der Waals surface area (Å²) in [7, 11) is -4.01. The molecule has 2 amide bonds. The molecule has 0 aliphatic carbocycles. The lowest BCUT2D eigenvalue weighted by Gasteiger charge is -2.17. The summed E-state index contributed by atoms with van der Waals surface area (Å²) in [6.07, 6.45) is 1.71. The number of carbonyl (C=O) groups excluding carboxylic acids is 2. The molecule has 174 valence electrons. The van der Waals surface area contributed by atoms with E-state index in [0.29, 0.717) is 16.6 Å². The molecular formula is C23H30FN3O4S. The van der Waals surface area contributed by atoms with Crippen LogP contribution < -0.4 is 10.0 Å². The molecular weight excluding hydrogens is 433 g/mol. The molecule has 9 heteroatoms. The van der Waals surface area contributed by atoms with Crippen LogP contribution in [0.15, 0.2) is 59.6 Å². The van der Waals surface area contributed by atoms with Crippen molar-refractivity contribution in [2.75, 3.05) is 5.32 Å². The topological polar surface area (TPSA) is 97.3 Å². The van der Waals surface area contributed by atoms with Gasteiger partial charge in [0.1, 0.15) is 11.9 Å². The first-order chi connectivity index (χ1) is 14.9. The van der Waals surface area contributed by atoms with Crippen LogP contribution >= 0.6 is 0 Å². The molecule has 0 spiro atoms.